The van der Waals surface area contributed by atoms with E-state index in [1.165, 1.54) is 32.1 Å². The number of hydrogen-bond acceptors (Lipinski definition) is 2. The molecule has 1 amide bonds. The first-order chi connectivity index (χ1) is 7.18. The standard InChI is InChI=1S/C12H23NO2/c1-10(2)15-12(14)13-9-5-8-11-6-3-4-7-11/h10-11H,3-9H2,1-2H3,(H,13,14). The van der Waals surface area contributed by atoms with E-state index >= 15 is 0 Å². The van der Waals surface area contributed by atoms with Gasteiger partial charge in [0.25, 0.3) is 0 Å². The Morgan fingerprint density at radius 3 is 2.67 bits per heavy atom. The summed E-state index contributed by atoms with van der Waals surface area (Å²) in [4.78, 5) is 11.1. The second-order valence-electron chi connectivity index (χ2n) is 4.67. The van der Waals surface area contributed by atoms with Crippen LogP contribution in [0.25, 0.3) is 0 Å². The molecule has 1 saturated carbocycles. The lowest BCUT2D eigenvalue weighted by molar-refractivity contribution is 0.115. The normalized spacial score (nSPS) is 17.0. The number of nitrogens with one attached hydrogen (secondary N) is 1. The Hall–Kier alpha value is -0.730. The van der Waals surface area contributed by atoms with Gasteiger partial charge in [0.05, 0.1) is 6.10 Å². The van der Waals surface area contributed by atoms with Crippen molar-refractivity contribution in [3.8, 4) is 0 Å². The van der Waals surface area contributed by atoms with Crippen LogP contribution < -0.4 is 5.32 Å². The van der Waals surface area contributed by atoms with Crippen molar-refractivity contribution in [3.05, 3.63) is 0 Å². The van der Waals surface area contributed by atoms with E-state index in [0.717, 1.165) is 18.9 Å². The van der Waals surface area contributed by atoms with Crippen LogP contribution in [0.2, 0.25) is 0 Å². The summed E-state index contributed by atoms with van der Waals surface area (Å²) in [7, 11) is 0. The van der Waals surface area contributed by atoms with Crippen molar-refractivity contribution < 1.29 is 9.53 Å². The molecule has 0 atom stereocenters. The Kier molecular flexibility index (Phi) is 5.51. The molecule has 1 N–H and O–H groups in total. The van der Waals surface area contributed by atoms with Gasteiger partial charge in [0.2, 0.25) is 0 Å². The van der Waals surface area contributed by atoms with Gasteiger partial charge < -0.3 is 10.1 Å². The number of carbonyl (C=O) groups excluding carboxylic acids is 1. The average Bonchev–Trinajstić information content (AvgIpc) is 2.63. The molecule has 1 fully saturated rings. The molecule has 1 aliphatic carbocycles. The minimum Gasteiger partial charge on any atom is -0.447 e. The maximum atomic E-state index is 11.1. The number of hydrogen-bond donors (Lipinski definition) is 1. The summed E-state index contributed by atoms with van der Waals surface area (Å²) in [6.07, 6.45) is 7.59. The first kappa shape index (κ1) is 12.3. The second-order valence-corrected chi connectivity index (χ2v) is 4.67. The van der Waals surface area contributed by atoms with Gasteiger partial charge in [-0.2, -0.15) is 0 Å². The molecule has 88 valence electrons. The molecule has 0 aliphatic heterocycles. The summed E-state index contributed by atoms with van der Waals surface area (Å²) in [5, 5.41) is 2.78. The highest BCUT2D eigenvalue weighted by Gasteiger charge is 2.14. The van der Waals surface area contributed by atoms with Gasteiger partial charge in [-0.25, -0.2) is 4.79 Å². The first-order valence-corrected chi connectivity index (χ1v) is 6.13. The Morgan fingerprint density at radius 2 is 2.07 bits per heavy atom. The van der Waals surface area contributed by atoms with Crippen LogP contribution in [0.4, 0.5) is 4.79 Å². The van der Waals surface area contributed by atoms with E-state index in [2.05, 4.69) is 5.32 Å². The van der Waals surface area contributed by atoms with E-state index in [1.807, 2.05) is 13.8 Å². The van der Waals surface area contributed by atoms with Crippen molar-refractivity contribution in [1.82, 2.24) is 5.32 Å². The van der Waals surface area contributed by atoms with Crippen molar-refractivity contribution in [2.24, 2.45) is 5.92 Å². The molecule has 0 bridgehead atoms. The van der Waals surface area contributed by atoms with Gasteiger partial charge in [-0.05, 0) is 32.6 Å². The predicted octanol–water partition coefficient (Wildman–Crippen LogP) is 3.09. The molecule has 0 radical (unpaired) electrons. The molecule has 0 aromatic rings. The molecular weight excluding hydrogens is 190 g/mol. The lowest BCUT2D eigenvalue weighted by Gasteiger charge is -2.11. The lowest BCUT2D eigenvalue weighted by Crippen LogP contribution is -2.27. The zero-order valence-electron chi connectivity index (χ0n) is 9.92. The molecule has 15 heavy (non-hydrogen) atoms. The summed E-state index contributed by atoms with van der Waals surface area (Å²) < 4.78 is 4.97. The van der Waals surface area contributed by atoms with E-state index in [-0.39, 0.29) is 12.2 Å². The monoisotopic (exact) mass is 213 g/mol. The SMILES string of the molecule is CC(C)OC(=O)NCCCC1CCCC1. The Labute approximate surface area is 92.6 Å². The first-order valence-electron chi connectivity index (χ1n) is 6.13. The van der Waals surface area contributed by atoms with Gasteiger partial charge in [-0.15, -0.1) is 0 Å². The van der Waals surface area contributed by atoms with Crippen molar-refractivity contribution in [1.29, 1.82) is 0 Å². The van der Waals surface area contributed by atoms with E-state index in [9.17, 15) is 4.79 Å². The van der Waals surface area contributed by atoms with Crippen LogP contribution in [0.15, 0.2) is 0 Å². The number of carbonyl (C=O) groups is 1. The molecule has 0 aromatic carbocycles. The molecule has 1 aliphatic rings. The average molecular weight is 213 g/mol. The molecule has 1 rings (SSSR count). The summed E-state index contributed by atoms with van der Waals surface area (Å²) in [6, 6.07) is 0. The van der Waals surface area contributed by atoms with Crippen LogP contribution in [0.3, 0.4) is 0 Å². The van der Waals surface area contributed by atoms with E-state index < -0.39 is 0 Å². The summed E-state index contributed by atoms with van der Waals surface area (Å²) in [5.74, 6) is 0.910. The largest absolute Gasteiger partial charge is 0.447 e. The van der Waals surface area contributed by atoms with Crippen LogP contribution in [0, 0.1) is 5.92 Å². The fourth-order valence-corrected chi connectivity index (χ4v) is 2.14. The topological polar surface area (TPSA) is 38.3 Å². The minimum atomic E-state index is -0.281. The third-order valence-corrected chi connectivity index (χ3v) is 2.88. The Morgan fingerprint density at radius 1 is 1.40 bits per heavy atom. The van der Waals surface area contributed by atoms with Crippen LogP contribution in [-0.2, 0) is 4.74 Å². The van der Waals surface area contributed by atoms with Crippen LogP contribution in [-0.4, -0.2) is 18.7 Å². The van der Waals surface area contributed by atoms with E-state index in [0.29, 0.717) is 0 Å². The summed E-state index contributed by atoms with van der Waals surface area (Å²) in [5.41, 5.74) is 0. The van der Waals surface area contributed by atoms with Gasteiger partial charge in [0, 0.05) is 6.54 Å². The third-order valence-electron chi connectivity index (χ3n) is 2.88. The Balaban J connectivity index is 1.94. The number of alkyl carbamates (subject to hydrolysis) is 1. The molecule has 3 nitrogen and oxygen atoms in total. The van der Waals surface area contributed by atoms with Crippen molar-refractivity contribution in [2.45, 2.75) is 58.5 Å². The quantitative estimate of drug-likeness (QED) is 0.713. The third kappa shape index (κ3) is 5.65. The van der Waals surface area contributed by atoms with E-state index in [1.54, 1.807) is 0 Å². The van der Waals surface area contributed by atoms with Gasteiger partial charge in [-0.1, -0.05) is 25.7 Å². The zero-order valence-corrected chi connectivity index (χ0v) is 9.92. The van der Waals surface area contributed by atoms with Crippen LogP contribution >= 0.6 is 0 Å². The van der Waals surface area contributed by atoms with Gasteiger partial charge in [0.15, 0.2) is 0 Å². The second kappa shape index (κ2) is 6.70. The summed E-state index contributed by atoms with van der Waals surface area (Å²) in [6.45, 7) is 4.47. The lowest BCUT2D eigenvalue weighted by atomic mass is 10.0. The molecule has 0 unspecified atom stereocenters. The van der Waals surface area contributed by atoms with Gasteiger partial charge in [0.1, 0.15) is 0 Å². The van der Waals surface area contributed by atoms with Crippen molar-refractivity contribution in [2.75, 3.05) is 6.54 Å². The predicted molar refractivity (Wildman–Crippen MR) is 60.8 cm³/mol. The van der Waals surface area contributed by atoms with Gasteiger partial charge in [-0.3, -0.25) is 0 Å². The molecule has 0 heterocycles. The molecule has 0 spiro atoms. The Bertz CT molecular complexity index is 186. The van der Waals surface area contributed by atoms with Crippen LogP contribution in [0.1, 0.15) is 52.4 Å². The maximum absolute atomic E-state index is 11.1. The van der Waals surface area contributed by atoms with Gasteiger partial charge >= 0.3 is 6.09 Å². The van der Waals surface area contributed by atoms with Crippen molar-refractivity contribution in [3.63, 3.8) is 0 Å². The highest BCUT2D eigenvalue weighted by atomic mass is 16.6. The highest BCUT2D eigenvalue weighted by molar-refractivity contribution is 5.67. The molecule has 0 saturated heterocycles. The molecule has 0 aromatic heterocycles. The molecular formula is C12H23NO2. The van der Waals surface area contributed by atoms with Crippen molar-refractivity contribution >= 4 is 6.09 Å². The number of rotatable bonds is 5. The summed E-state index contributed by atoms with van der Waals surface area (Å²) >= 11 is 0. The molecule has 3 heteroatoms. The highest BCUT2D eigenvalue weighted by Crippen LogP contribution is 2.28. The number of amides is 1. The zero-order chi connectivity index (χ0) is 11.1. The van der Waals surface area contributed by atoms with Crippen LogP contribution in [0.5, 0.6) is 0 Å². The van der Waals surface area contributed by atoms with E-state index in [4.69, 9.17) is 4.74 Å². The number of ether oxygens (including phenoxy) is 1. The minimum absolute atomic E-state index is 0.0279. The maximum Gasteiger partial charge on any atom is 0.407 e. The fourth-order valence-electron chi connectivity index (χ4n) is 2.14. The smallest absolute Gasteiger partial charge is 0.407 e. The fraction of sp³-hybridized carbons (Fsp3) is 0.917.